The van der Waals surface area contributed by atoms with Crippen LogP contribution in [0.25, 0.3) is 5.57 Å². The lowest BCUT2D eigenvalue weighted by atomic mass is 9.86. The number of hydrogen-bond acceptors (Lipinski definition) is 3. The van der Waals surface area contributed by atoms with E-state index >= 15 is 0 Å². The van der Waals surface area contributed by atoms with E-state index < -0.39 is 6.03 Å². The molecule has 0 spiro atoms. The Balaban J connectivity index is 1.57. The van der Waals surface area contributed by atoms with Gasteiger partial charge in [0, 0.05) is 19.6 Å². The van der Waals surface area contributed by atoms with Crippen LogP contribution in [0.1, 0.15) is 55.6 Å². The van der Waals surface area contributed by atoms with E-state index in [9.17, 15) is 9.59 Å². The Hall–Kier alpha value is -2.34. The average Bonchev–Trinajstić information content (AvgIpc) is 2.74. The van der Waals surface area contributed by atoms with Gasteiger partial charge >= 0.3 is 6.03 Å². The molecule has 1 heterocycles. The summed E-state index contributed by atoms with van der Waals surface area (Å²) >= 11 is 0. The summed E-state index contributed by atoms with van der Waals surface area (Å²) in [5.41, 5.74) is 9.44. The second-order valence-electron chi connectivity index (χ2n) is 7.74. The standard InChI is InChI=1S/C22H31N3O3/c23-22(28)25(13-14-26)16-21(27)24-11-9-18(10-12-24)20-8-4-7-19(15-20)17-5-2-1-3-6-17/h4-5,7-8,15,18,26H,1-3,6,9-14,16H2,(H2,23,28). The predicted molar refractivity (Wildman–Crippen MR) is 110 cm³/mol. The molecule has 1 fully saturated rings. The molecule has 1 saturated heterocycles. The third kappa shape index (κ3) is 5.13. The SMILES string of the molecule is NC(=O)N(CCO)CC(=O)N1CCC(c2cccc(C3=CCCCC3)c2)CC1. The summed E-state index contributed by atoms with van der Waals surface area (Å²) in [6.07, 6.45) is 9.13. The van der Waals surface area contributed by atoms with Crippen LogP contribution in [0.15, 0.2) is 30.3 Å². The fourth-order valence-electron chi connectivity index (χ4n) is 4.21. The van der Waals surface area contributed by atoms with E-state index in [0.29, 0.717) is 19.0 Å². The van der Waals surface area contributed by atoms with Crippen molar-refractivity contribution in [3.8, 4) is 0 Å². The number of piperidine rings is 1. The largest absolute Gasteiger partial charge is 0.395 e. The zero-order valence-corrected chi connectivity index (χ0v) is 16.5. The van der Waals surface area contributed by atoms with Crippen LogP contribution >= 0.6 is 0 Å². The first-order chi connectivity index (χ1) is 13.6. The highest BCUT2D eigenvalue weighted by molar-refractivity contribution is 5.83. The Labute approximate surface area is 167 Å². The molecule has 2 aliphatic rings. The number of rotatable bonds is 6. The highest BCUT2D eigenvalue weighted by Gasteiger charge is 2.26. The third-order valence-corrected chi connectivity index (χ3v) is 5.88. The number of urea groups is 1. The molecule has 28 heavy (non-hydrogen) atoms. The zero-order valence-electron chi connectivity index (χ0n) is 16.5. The minimum atomic E-state index is -0.675. The molecular weight excluding hydrogens is 354 g/mol. The van der Waals surface area contributed by atoms with Gasteiger partial charge in [0.25, 0.3) is 0 Å². The van der Waals surface area contributed by atoms with Crippen LogP contribution in [0.5, 0.6) is 0 Å². The van der Waals surface area contributed by atoms with Gasteiger partial charge in [-0.25, -0.2) is 4.79 Å². The number of benzene rings is 1. The molecule has 1 aromatic carbocycles. The first-order valence-corrected chi connectivity index (χ1v) is 10.3. The monoisotopic (exact) mass is 385 g/mol. The number of nitrogens with two attached hydrogens (primary N) is 1. The lowest BCUT2D eigenvalue weighted by Crippen LogP contribution is -2.47. The number of hydrogen-bond donors (Lipinski definition) is 2. The number of carbonyl (C=O) groups excluding carboxylic acids is 2. The average molecular weight is 386 g/mol. The Morgan fingerprint density at radius 3 is 2.64 bits per heavy atom. The van der Waals surface area contributed by atoms with Gasteiger partial charge < -0.3 is 20.6 Å². The smallest absolute Gasteiger partial charge is 0.315 e. The predicted octanol–water partition coefficient (Wildman–Crippen LogP) is 2.72. The van der Waals surface area contributed by atoms with Crippen LogP contribution in [-0.4, -0.2) is 59.6 Å². The maximum Gasteiger partial charge on any atom is 0.315 e. The summed E-state index contributed by atoms with van der Waals surface area (Å²) in [6, 6.07) is 8.21. The number of primary amides is 1. The zero-order chi connectivity index (χ0) is 19.9. The van der Waals surface area contributed by atoms with E-state index in [1.165, 1.54) is 47.3 Å². The van der Waals surface area contributed by atoms with Gasteiger partial charge in [-0.1, -0.05) is 30.3 Å². The molecule has 1 aliphatic carbocycles. The van der Waals surface area contributed by atoms with Gasteiger partial charge in [-0.05, 0) is 61.1 Å². The van der Waals surface area contributed by atoms with Crippen molar-refractivity contribution in [3.05, 3.63) is 41.5 Å². The van der Waals surface area contributed by atoms with Crippen LogP contribution in [0.3, 0.4) is 0 Å². The normalized spacial score (nSPS) is 17.9. The Morgan fingerprint density at radius 2 is 2.00 bits per heavy atom. The molecule has 0 unspecified atom stereocenters. The minimum absolute atomic E-state index is 0.0653. The maximum atomic E-state index is 12.5. The molecule has 0 bridgehead atoms. The van der Waals surface area contributed by atoms with E-state index in [2.05, 4.69) is 30.3 Å². The molecule has 6 heteroatoms. The van der Waals surface area contributed by atoms with Crippen LogP contribution < -0.4 is 5.73 Å². The van der Waals surface area contributed by atoms with Crippen LogP contribution in [0.2, 0.25) is 0 Å². The van der Waals surface area contributed by atoms with Crippen molar-refractivity contribution in [3.63, 3.8) is 0 Å². The van der Waals surface area contributed by atoms with Crippen LogP contribution in [-0.2, 0) is 4.79 Å². The molecule has 0 atom stereocenters. The molecule has 0 saturated carbocycles. The van der Waals surface area contributed by atoms with E-state index in [0.717, 1.165) is 12.8 Å². The summed E-state index contributed by atoms with van der Waals surface area (Å²) in [4.78, 5) is 26.8. The van der Waals surface area contributed by atoms with Crippen molar-refractivity contribution in [1.82, 2.24) is 9.80 Å². The molecule has 1 aliphatic heterocycles. The van der Waals surface area contributed by atoms with E-state index in [1.807, 2.05) is 0 Å². The van der Waals surface area contributed by atoms with Crippen molar-refractivity contribution in [2.45, 2.75) is 44.4 Å². The number of aliphatic hydroxyl groups excluding tert-OH is 1. The molecule has 3 amide bonds. The Morgan fingerprint density at radius 1 is 1.21 bits per heavy atom. The second kappa shape index (κ2) is 9.73. The Kier molecular flexibility index (Phi) is 7.09. The molecule has 6 nitrogen and oxygen atoms in total. The van der Waals surface area contributed by atoms with Gasteiger partial charge in [0.1, 0.15) is 6.54 Å². The fraction of sp³-hybridized carbons (Fsp3) is 0.545. The number of amides is 3. The quantitative estimate of drug-likeness (QED) is 0.789. The van der Waals surface area contributed by atoms with Crippen LogP contribution in [0.4, 0.5) is 4.79 Å². The van der Waals surface area contributed by atoms with Crippen molar-refractivity contribution < 1.29 is 14.7 Å². The van der Waals surface area contributed by atoms with Crippen molar-refractivity contribution in [2.24, 2.45) is 5.73 Å². The number of aliphatic hydroxyl groups is 1. The molecular formula is C22H31N3O3. The number of nitrogens with zero attached hydrogens (tertiary/aromatic N) is 2. The summed E-state index contributed by atoms with van der Waals surface area (Å²) in [7, 11) is 0. The lowest BCUT2D eigenvalue weighted by Gasteiger charge is -2.33. The number of carbonyl (C=O) groups is 2. The lowest BCUT2D eigenvalue weighted by molar-refractivity contribution is -0.132. The first kappa shape index (κ1) is 20.4. The first-order valence-electron chi connectivity index (χ1n) is 10.3. The third-order valence-electron chi connectivity index (χ3n) is 5.88. The van der Waals surface area contributed by atoms with Crippen molar-refractivity contribution in [1.29, 1.82) is 0 Å². The van der Waals surface area contributed by atoms with Gasteiger partial charge in [0.2, 0.25) is 5.91 Å². The van der Waals surface area contributed by atoms with Gasteiger partial charge in [0.05, 0.1) is 6.61 Å². The minimum Gasteiger partial charge on any atom is -0.395 e. The number of likely N-dealkylation sites (tertiary alicyclic amines) is 1. The number of allylic oxidation sites excluding steroid dienone is 2. The molecule has 0 radical (unpaired) electrons. The van der Waals surface area contributed by atoms with Crippen LogP contribution in [0, 0.1) is 0 Å². The van der Waals surface area contributed by atoms with Gasteiger partial charge in [-0.15, -0.1) is 0 Å². The summed E-state index contributed by atoms with van der Waals surface area (Å²) in [6.45, 7) is 1.18. The highest BCUT2D eigenvalue weighted by Crippen LogP contribution is 2.32. The molecule has 3 rings (SSSR count). The maximum absolute atomic E-state index is 12.5. The topological polar surface area (TPSA) is 86.9 Å². The van der Waals surface area contributed by atoms with Gasteiger partial charge in [-0.2, -0.15) is 0 Å². The molecule has 3 N–H and O–H groups in total. The van der Waals surface area contributed by atoms with Gasteiger partial charge in [-0.3, -0.25) is 4.79 Å². The Bertz CT molecular complexity index is 723. The van der Waals surface area contributed by atoms with E-state index in [1.54, 1.807) is 4.90 Å². The summed E-state index contributed by atoms with van der Waals surface area (Å²) in [5.74, 6) is 0.352. The summed E-state index contributed by atoms with van der Waals surface area (Å²) < 4.78 is 0. The van der Waals surface area contributed by atoms with Crippen molar-refractivity contribution in [2.75, 3.05) is 32.8 Å². The second-order valence-corrected chi connectivity index (χ2v) is 7.74. The molecule has 152 valence electrons. The molecule has 1 aromatic rings. The van der Waals surface area contributed by atoms with Crippen molar-refractivity contribution >= 4 is 17.5 Å². The fourth-order valence-corrected chi connectivity index (χ4v) is 4.21. The summed E-state index contributed by atoms with van der Waals surface area (Å²) in [5, 5.41) is 9.01. The van der Waals surface area contributed by atoms with E-state index in [4.69, 9.17) is 10.8 Å². The highest BCUT2D eigenvalue weighted by atomic mass is 16.3. The van der Waals surface area contributed by atoms with Gasteiger partial charge in [0.15, 0.2) is 0 Å². The van der Waals surface area contributed by atoms with E-state index in [-0.39, 0.29) is 25.6 Å². The molecule has 0 aromatic heterocycles.